The van der Waals surface area contributed by atoms with Crippen LogP contribution in [0.5, 0.6) is 0 Å². The van der Waals surface area contributed by atoms with E-state index in [1.54, 1.807) is 0 Å². The number of benzene rings is 2. The van der Waals surface area contributed by atoms with E-state index in [2.05, 4.69) is 43.3 Å². The van der Waals surface area contributed by atoms with Gasteiger partial charge < -0.3 is 0 Å². The second kappa shape index (κ2) is 3.31. The van der Waals surface area contributed by atoms with Crippen molar-refractivity contribution in [1.82, 2.24) is 0 Å². The van der Waals surface area contributed by atoms with Crippen LogP contribution >= 0.6 is 25.3 Å². The van der Waals surface area contributed by atoms with Gasteiger partial charge in [-0.05, 0) is 29.2 Å². The van der Waals surface area contributed by atoms with Crippen LogP contribution in [0.3, 0.4) is 0 Å². The van der Waals surface area contributed by atoms with E-state index in [0.717, 1.165) is 0 Å². The Morgan fingerprint density at radius 2 is 1.56 bits per heavy atom. The first-order valence-corrected chi connectivity index (χ1v) is 6.16. The SMILES string of the molecule is Cc1ccc2c(c1)C(S)(S)c1ccccc1-2. The van der Waals surface area contributed by atoms with Crippen molar-refractivity contribution in [2.75, 3.05) is 0 Å². The number of aryl methyl sites for hydroxylation is 1. The topological polar surface area (TPSA) is 0 Å². The lowest BCUT2D eigenvalue weighted by molar-refractivity contribution is 1.14. The van der Waals surface area contributed by atoms with Crippen molar-refractivity contribution < 1.29 is 0 Å². The van der Waals surface area contributed by atoms with Gasteiger partial charge in [0.15, 0.2) is 0 Å². The van der Waals surface area contributed by atoms with Gasteiger partial charge in [0.05, 0.1) is 0 Å². The van der Waals surface area contributed by atoms with Crippen molar-refractivity contribution in [2.45, 2.75) is 11.0 Å². The average molecular weight is 244 g/mol. The highest BCUT2D eigenvalue weighted by Gasteiger charge is 2.36. The molecule has 0 fully saturated rings. The molecular weight excluding hydrogens is 232 g/mol. The van der Waals surface area contributed by atoms with E-state index in [1.807, 2.05) is 6.07 Å². The Kier molecular flexibility index (Phi) is 2.13. The summed E-state index contributed by atoms with van der Waals surface area (Å²) in [5, 5.41) is 0. The first-order valence-electron chi connectivity index (χ1n) is 5.26. The Morgan fingerprint density at radius 3 is 2.38 bits per heavy atom. The zero-order valence-corrected chi connectivity index (χ0v) is 10.7. The quantitative estimate of drug-likeness (QED) is 0.507. The highest BCUT2D eigenvalue weighted by molar-refractivity contribution is 8.00. The highest BCUT2D eigenvalue weighted by Crippen LogP contribution is 2.53. The van der Waals surface area contributed by atoms with Crippen LogP contribution in [-0.4, -0.2) is 0 Å². The fourth-order valence-electron chi connectivity index (χ4n) is 2.35. The Hall–Kier alpha value is -0.860. The van der Waals surface area contributed by atoms with Crippen LogP contribution in [0.1, 0.15) is 16.7 Å². The standard InChI is InChI=1S/C14H12S2/c1-9-6-7-11-10-4-2-3-5-12(10)14(15,16)13(11)8-9/h2-8,15-16H,1H3. The summed E-state index contributed by atoms with van der Waals surface area (Å²) in [7, 11) is 0. The van der Waals surface area contributed by atoms with E-state index in [-0.39, 0.29) is 0 Å². The van der Waals surface area contributed by atoms with Crippen LogP contribution in [-0.2, 0) is 4.08 Å². The lowest BCUT2D eigenvalue weighted by atomic mass is 10.0. The fraction of sp³-hybridized carbons (Fsp3) is 0.143. The minimum absolute atomic E-state index is 0.460. The van der Waals surface area contributed by atoms with Gasteiger partial charge in [0.25, 0.3) is 0 Å². The Labute approximate surface area is 107 Å². The third-order valence-corrected chi connectivity index (χ3v) is 4.11. The molecule has 0 atom stereocenters. The molecular formula is C14H12S2. The molecule has 80 valence electrons. The molecule has 0 aromatic heterocycles. The van der Waals surface area contributed by atoms with E-state index in [0.29, 0.717) is 0 Å². The summed E-state index contributed by atoms with van der Waals surface area (Å²) in [6.07, 6.45) is 0. The van der Waals surface area contributed by atoms with Gasteiger partial charge in [0.1, 0.15) is 4.08 Å². The third-order valence-electron chi connectivity index (χ3n) is 3.14. The molecule has 1 aliphatic carbocycles. The monoisotopic (exact) mass is 244 g/mol. The molecule has 0 unspecified atom stereocenters. The maximum atomic E-state index is 4.72. The van der Waals surface area contributed by atoms with Gasteiger partial charge in [-0.25, -0.2) is 0 Å². The molecule has 0 saturated heterocycles. The van der Waals surface area contributed by atoms with E-state index in [9.17, 15) is 0 Å². The van der Waals surface area contributed by atoms with Crippen LogP contribution in [0.2, 0.25) is 0 Å². The zero-order chi connectivity index (χ0) is 11.3. The molecule has 2 heteroatoms. The van der Waals surface area contributed by atoms with Crippen LogP contribution in [0.25, 0.3) is 11.1 Å². The molecule has 0 N–H and O–H groups in total. The van der Waals surface area contributed by atoms with Gasteiger partial charge in [-0.3, -0.25) is 0 Å². The van der Waals surface area contributed by atoms with Crippen molar-refractivity contribution >= 4 is 25.3 Å². The molecule has 2 aromatic rings. The van der Waals surface area contributed by atoms with Crippen molar-refractivity contribution in [1.29, 1.82) is 0 Å². The largest absolute Gasteiger partial charge is 0.152 e. The molecule has 2 aromatic carbocycles. The summed E-state index contributed by atoms with van der Waals surface area (Å²) in [6, 6.07) is 14.8. The van der Waals surface area contributed by atoms with E-state index in [4.69, 9.17) is 25.3 Å². The maximum absolute atomic E-state index is 4.72. The second-order valence-corrected chi connectivity index (χ2v) is 5.96. The molecule has 16 heavy (non-hydrogen) atoms. The number of fused-ring (bicyclic) bond motifs is 3. The Balaban J connectivity index is 2.39. The van der Waals surface area contributed by atoms with Gasteiger partial charge in [-0.1, -0.05) is 48.0 Å². The number of thiol groups is 2. The first kappa shape index (κ1) is 10.3. The lowest BCUT2D eigenvalue weighted by Gasteiger charge is -2.19. The average Bonchev–Trinajstić information content (AvgIpc) is 2.49. The van der Waals surface area contributed by atoms with E-state index < -0.39 is 4.08 Å². The van der Waals surface area contributed by atoms with Crippen LogP contribution in [0, 0.1) is 6.92 Å². The minimum Gasteiger partial charge on any atom is -0.152 e. The van der Waals surface area contributed by atoms with Gasteiger partial charge in [-0.2, -0.15) is 25.3 Å². The smallest absolute Gasteiger partial charge is 0.107 e. The molecule has 0 spiro atoms. The van der Waals surface area contributed by atoms with Gasteiger partial charge in [0.2, 0.25) is 0 Å². The van der Waals surface area contributed by atoms with E-state index in [1.165, 1.54) is 27.8 Å². The number of hydrogen-bond acceptors (Lipinski definition) is 2. The van der Waals surface area contributed by atoms with Gasteiger partial charge in [0, 0.05) is 0 Å². The van der Waals surface area contributed by atoms with Crippen molar-refractivity contribution in [3.05, 3.63) is 59.2 Å². The normalized spacial score (nSPS) is 15.7. The summed E-state index contributed by atoms with van der Waals surface area (Å²) in [4.78, 5) is 0. The molecule has 0 aliphatic heterocycles. The zero-order valence-electron chi connectivity index (χ0n) is 8.94. The van der Waals surface area contributed by atoms with Crippen LogP contribution < -0.4 is 0 Å². The molecule has 0 bridgehead atoms. The van der Waals surface area contributed by atoms with Gasteiger partial charge in [-0.15, -0.1) is 0 Å². The van der Waals surface area contributed by atoms with E-state index >= 15 is 0 Å². The van der Waals surface area contributed by atoms with Crippen LogP contribution in [0.15, 0.2) is 42.5 Å². The molecule has 0 nitrogen and oxygen atoms in total. The molecule has 0 amide bonds. The molecule has 3 rings (SSSR count). The summed E-state index contributed by atoms with van der Waals surface area (Å²) in [5.74, 6) is 0. The van der Waals surface area contributed by atoms with Crippen LogP contribution in [0.4, 0.5) is 0 Å². The second-order valence-electron chi connectivity index (χ2n) is 4.27. The number of hydrogen-bond donors (Lipinski definition) is 2. The summed E-state index contributed by atoms with van der Waals surface area (Å²) < 4.78 is -0.460. The molecule has 0 saturated carbocycles. The highest BCUT2D eigenvalue weighted by atomic mass is 32.2. The van der Waals surface area contributed by atoms with Crippen molar-refractivity contribution in [2.24, 2.45) is 0 Å². The summed E-state index contributed by atoms with van der Waals surface area (Å²) in [5.41, 5.74) is 6.13. The summed E-state index contributed by atoms with van der Waals surface area (Å²) >= 11 is 9.44. The predicted octanol–water partition coefficient (Wildman–Crippen LogP) is 4.04. The van der Waals surface area contributed by atoms with Gasteiger partial charge >= 0.3 is 0 Å². The fourth-order valence-corrected chi connectivity index (χ4v) is 3.11. The Morgan fingerprint density at radius 1 is 0.875 bits per heavy atom. The third kappa shape index (κ3) is 1.26. The van der Waals surface area contributed by atoms with Crippen molar-refractivity contribution in [3.63, 3.8) is 0 Å². The first-order chi connectivity index (χ1) is 7.60. The molecule has 0 radical (unpaired) electrons. The summed E-state index contributed by atoms with van der Waals surface area (Å²) in [6.45, 7) is 2.10. The molecule has 0 heterocycles. The molecule has 1 aliphatic rings. The lowest BCUT2D eigenvalue weighted by Crippen LogP contribution is -2.07. The predicted molar refractivity (Wildman–Crippen MR) is 75.4 cm³/mol. The Bertz CT molecular complexity index is 571. The maximum Gasteiger partial charge on any atom is 0.107 e. The minimum atomic E-state index is -0.460. The van der Waals surface area contributed by atoms with Crippen molar-refractivity contribution in [3.8, 4) is 11.1 Å². The number of rotatable bonds is 0.